The molecule has 1 heterocycles. The minimum Gasteiger partial charge on any atom is -0.360 e. The molecule has 0 saturated carbocycles. The van der Waals surface area contributed by atoms with Crippen LogP contribution in [0.25, 0.3) is 0 Å². The number of hydrogen-bond acceptors (Lipinski definition) is 3. The Labute approximate surface area is 117 Å². The molecule has 1 aliphatic heterocycles. The molecule has 0 aliphatic carbocycles. The maximum Gasteiger partial charge on any atom is 0.127 e. The van der Waals surface area contributed by atoms with Crippen LogP contribution in [0.15, 0.2) is 10.5 Å². The summed E-state index contributed by atoms with van der Waals surface area (Å²) in [6.45, 7) is 4.97. The molecule has 1 aromatic rings. The van der Waals surface area contributed by atoms with Gasteiger partial charge >= 0.3 is 0 Å². The number of rotatable bonds is 3. The van der Waals surface area contributed by atoms with Gasteiger partial charge in [-0.1, -0.05) is 0 Å². The number of halogens is 1. The molecule has 1 fully saturated rings. The first-order valence-electron chi connectivity index (χ1n) is 6.31. The van der Waals surface area contributed by atoms with Crippen LogP contribution in [-0.4, -0.2) is 19.0 Å². The minimum absolute atomic E-state index is 0.0754. The molecular formula is C14H19BrN2O. The smallest absolute Gasteiger partial charge is 0.127 e. The van der Waals surface area contributed by atoms with E-state index in [0.717, 1.165) is 35.2 Å². The lowest BCUT2D eigenvalue weighted by molar-refractivity contribution is 0.0343. The molecule has 0 bridgehead atoms. The van der Waals surface area contributed by atoms with Gasteiger partial charge in [-0.2, -0.15) is 0 Å². The number of anilines is 1. The second kappa shape index (κ2) is 5.85. The molecule has 1 aromatic carbocycles. The van der Waals surface area contributed by atoms with Gasteiger partial charge in [0.15, 0.2) is 0 Å². The number of hydrogen-bond donors (Lipinski definition) is 2. The van der Waals surface area contributed by atoms with Crippen molar-refractivity contribution in [2.75, 3.05) is 11.9 Å². The Morgan fingerprint density at radius 2 is 2.22 bits per heavy atom. The van der Waals surface area contributed by atoms with Gasteiger partial charge in [-0.15, -0.1) is 0 Å². The summed E-state index contributed by atoms with van der Waals surface area (Å²) in [7, 11) is 0. The van der Waals surface area contributed by atoms with Gasteiger partial charge in [0.25, 0.3) is 0 Å². The van der Waals surface area contributed by atoms with E-state index in [0.29, 0.717) is 0 Å². The highest BCUT2D eigenvalue weighted by molar-refractivity contribution is 9.10. The largest absolute Gasteiger partial charge is 0.360 e. The number of ether oxygens (including phenoxy) is 1. The highest BCUT2D eigenvalue weighted by atomic mass is 79.9. The van der Waals surface area contributed by atoms with Crippen LogP contribution in [0.3, 0.4) is 0 Å². The second-order valence-corrected chi connectivity index (χ2v) is 5.53. The van der Waals surface area contributed by atoms with Gasteiger partial charge < -0.3 is 15.5 Å². The number of benzene rings is 1. The Morgan fingerprint density at radius 3 is 2.83 bits per heavy atom. The Bertz CT molecular complexity index is 454. The molecule has 1 aliphatic rings. The third kappa shape index (κ3) is 2.75. The molecule has 2 rings (SSSR count). The predicted octanol–water partition coefficient (Wildman–Crippen LogP) is 4.00. The van der Waals surface area contributed by atoms with E-state index in [4.69, 9.17) is 10.1 Å². The Balaban J connectivity index is 2.28. The van der Waals surface area contributed by atoms with E-state index in [9.17, 15) is 0 Å². The molecule has 0 amide bonds. The molecule has 1 saturated heterocycles. The zero-order valence-corrected chi connectivity index (χ0v) is 12.4. The van der Waals surface area contributed by atoms with Crippen molar-refractivity contribution in [2.45, 2.75) is 39.3 Å². The first kappa shape index (κ1) is 13.6. The molecule has 0 radical (unpaired) electrons. The Kier molecular flexibility index (Phi) is 4.40. The molecular weight excluding hydrogens is 292 g/mol. The van der Waals surface area contributed by atoms with Crippen LogP contribution in [0, 0.1) is 19.3 Å². The average Bonchev–Trinajstić information content (AvgIpc) is 2.38. The van der Waals surface area contributed by atoms with E-state index in [1.165, 1.54) is 23.8 Å². The number of aryl methyl sites for hydroxylation is 1. The van der Waals surface area contributed by atoms with Crippen LogP contribution in [-0.2, 0) is 4.74 Å². The highest BCUT2D eigenvalue weighted by Gasteiger charge is 2.17. The molecule has 98 valence electrons. The summed E-state index contributed by atoms with van der Waals surface area (Å²) in [4.78, 5) is 0. The topological polar surface area (TPSA) is 45.1 Å². The zero-order chi connectivity index (χ0) is 13.1. The lowest BCUT2D eigenvalue weighted by Gasteiger charge is -2.26. The van der Waals surface area contributed by atoms with Crippen LogP contribution in [0.4, 0.5) is 5.69 Å². The van der Waals surface area contributed by atoms with Gasteiger partial charge in [0, 0.05) is 28.5 Å². The lowest BCUT2D eigenvalue weighted by Crippen LogP contribution is -2.27. The Hall–Kier alpha value is -0.870. The van der Waals surface area contributed by atoms with E-state index in [1.54, 1.807) is 0 Å². The summed E-state index contributed by atoms with van der Waals surface area (Å²) in [5, 5.41) is 11.0. The molecule has 18 heavy (non-hydrogen) atoms. The summed E-state index contributed by atoms with van der Waals surface area (Å²) in [6, 6.07) is 2.10. The first-order valence-corrected chi connectivity index (χ1v) is 7.11. The standard InChI is InChI=1S/C14H19BrN2O/c1-9-7-12(11(8-16)14(15)10(9)2)17-13-5-3-4-6-18-13/h7-8,13,16-17H,3-6H2,1-2H3. The molecule has 0 spiro atoms. The minimum atomic E-state index is 0.0754. The quantitative estimate of drug-likeness (QED) is 0.829. The van der Waals surface area contributed by atoms with Crippen molar-refractivity contribution >= 4 is 27.8 Å². The molecule has 1 unspecified atom stereocenters. The fraction of sp³-hybridized carbons (Fsp3) is 0.500. The monoisotopic (exact) mass is 310 g/mol. The highest BCUT2D eigenvalue weighted by Crippen LogP contribution is 2.31. The van der Waals surface area contributed by atoms with Gasteiger partial charge in [-0.3, -0.25) is 0 Å². The van der Waals surface area contributed by atoms with Crippen LogP contribution in [0.5, 0.6) is 0 Å². The van der Waals surface area contributed by atoms with E-state index in [2.05, 4.69) is 41.2 Å². The van der Waals surface area contributed by atoms with Crippen molar-refractivity contribution < 1.29 is 4.74 Å². The van der Waals surface area contributed by atoms with Crippen molar-refractivity contribution in [3.05, 3.63) is 27.2 Å². The van der Waals surface area contributed by atoms with Crippen molar-refractivity contribution in [3.63, 3.8) is 0 Å². The average molecular weight is 311 g/mol. The van der Waals surface area contributed by atoms with E-state index < -0.39 is 0 Å². The number of nitrogens with one attached hydrogen (secondary N) is 2. The SMILES string of the molecule is Cc1cc(NC2CCCCO2)c(C=N)c(Br)c1C. The Morgan fingerprint density at radius 1 is 1.44 bits per heavy atom. The van der Waals surface area contributed by atoms with Gasteiger partial charge in [0.1, 0.15) is 6.23 Å². The predicted molar refractivity (Wildman–Crippen MR) is 78.7 cm³/mol. The van der Waals surface area contributed by atoms with Crippen molar-refractivity contribution in [2.24, 2.45) is 0 Å². The summed E-state index contributed by atoms with van der Waals surface area (Å²) < 4.78 is 6.69. The summed E-state index contributed by atoms with van der Waals surface area (Å²) >= 11 is 3.57. The van der Waals surface area contributed by atoms with Gasteiger partial charge in [0.05, 0.1) is 0 Å². The third-order valence-electron chi connectivity index (χ3n) is 3.45. The van der Waals surface area contributed by atoms with Crippen molar-refractivity contribution in [1.82, 2.24) is 0 Å². The molecule has 3 nitrogen and oxygen atoms in total. The normalized spacial score (nSPS) is 19.6. The lowest BCUT2D eigenvalue weighted by atomic mass is 10.0. The van der Waals surface area contributed by atoms with Crippen molar-refractivity contribution in [3.8, 4) is 0 Å². The second-order valence-electron chi connectivity index (χ2n) is 4.74. The van der Waals surface area contributed by atoms with Crippen LogP contribution >= 0.6 is 15.9 Å². The fourth-order valence-corrected chi connectivity index (χ4v) is 2.83. The van der Waals surface area contributed by atoms with E-state index in [1.807, 2.05) is 0 Å². The first-order chi connectivity index (χ1) is 8.63. The van der Waals surface area contributed by atoms with E-state index in [-0.39, 0.29) is 6.23 Å². The summed E-state index contributed by atoms with van der Waals surface area (Å²) in [5.41, 5.74) is 4.27. The maximum atomic E-state index is 7.57. The third-order valence-corrected chi connectivity index (χ3v) is 4.47. The summed E-state index contributed by atoms with van der Waals surface area (Å²) in [5.74, 6) is 0. The van der Waals surface area contributed by atoms with Crippen LogP contribution in [0.2, 0.25) is 0 Å². The van der Waals surface area contributed by atoms with Crippen LogP contribution in [0.1, 0.15) is 36.0 Å². The molecule has 4 heteroatoms. The fourth-order valence-electron chi connectivity index (χ4n) is 2.18. The molecule has 1 atom stereocenters. The summed E-state index contributed by atoms with van der Waals surface area (Å²) in [6.07, 6.45) is 4.84. The van der Waals surface area contributed by atoms with Crippen molar-refractivity contribution in [1.29, 1.82) is 5.41 Å². The zero-order valence-electron chi connectivity index (χ0n) is 10.8. The molecule has 2 N–H and O–H groups in total. The van der Waals surface area contributed by atoms with Gasteiger partial charge in [-0.05, 0) is 66.2 Å². The van der Waals surface area contributed by atoms with Gasteiger partial charge in [0.2, 0.25) is 0 Å². The van der Waals surface area contributed by atoms with Gasteiger partial charge in [-0.25, -0.2) is 0 Å². The van der Waals surface area contributed by atoms with E-state index >= 15 is 0 Å². The molecule has 0 aromatic heterocycles. The maximum absolute atomic E-state index is 7.57. The van der Waals surface area contributed by atoms with Crippen LogP contribution < -0.4 is 5.32 Å².